The number of nitrogens with zero attached hydrogens (tertiary/aromatic N) is 2. The third-order valence-electron chi connectivity index (χ3n) is 4.22. The van der Waals surface area contributed by atoms with Gasteiger partial charge < -0.3 is 14.7 Å². The number of H-pyrrole nitrogens is 1. The Hall–Kier alpha value is -3.12. The van der Waals surface area contributed by atoms with Crippen molar-refractivity contribution in [3.8, 4) is 17.0 Å². The van der Waals surface area contributed by atoms with Crippen molar-refractivity contribution in [2.75, 3.05) is 19.8 Å². The Morgan fingerprint density at radius 2 is 1.89 bits per heavy atom. The number of benzene rings is 2. The number of amides is 1. The van der Waals surface area contributed by atoms with Gasteiger partial charge in [-0.1, -0.05) is 48.5 Å². The molecule has 2 aromatic carbocycles. The summed E-state index contributed by atoms with van der Waals surface area (Å²) in [5.41, 5.74) is 2.92. The molecule has 1 amide bonds. The summed E-state index contributed by atoms with van der Waals surface area (Å²) in [7, 11) is 0. The fraction of sp³-hybridized carbons (Fsp3) is 0.238. The Bertz CT molecular complexity index is 877. The molecule has 0 aliphatic carbocycles. The van der Waals surface area contributed by atoms with Crippen LogP contribution in [0.4, 0.5) is 0 Å². The predicted octanol–water partition coefficient (Wildman–Crippen LogP) is 3.11. The van der Waals surface area contributed by atoms with Crippen molar-refractivity contribution in [2.45, 2.75) is 13.5 Å². The third kappa shape index (κ3) is 4.35. The fourth-order valence-electron chi connectivity index (χ4n) is 2.95. The number of aromatic amines is 1. The van der Waals surface area contributed by atoms with Crippen LogP contribution in [0.1, 0.15) is 22.8 Å². The second-order valence-corrected chi connectivity index (χ2v) is 6.02. The number of aliphatic hydroxyl groups excluding tert-OH is 1. The molecule has 0 unspecified atom stereocenters. The van der Waals surface area contributed by atoms with Gasteiger partial charge in [0.05, 0.1) is 30.7 Å². The van der Waals surface area contributed by atoms with Crippen molar-refractivity contribution in [3.63, 3.8) is 0 Å². The SMILES string of the molecule is CCOc1ccccc1CN(CCO)C(=O)c1cn[nH]c1-c1ccccc1. The monoisotopic (exact) mass is 365 g/mol. The Morgan fingerprint density at radius 1 is 1.15 bits per heavy atom. The highest BCUT2D eigenvalue weighted by atomic mass is 16.5. The highest BCUT2D eigenvalue weighted by Gasteiger charge is 2.22. The topological polar surface area (TPSA) is 78.5 Å². The predicted molar refractivity (Wildman–Crippen MR) is 103 cm³/mol. The molecule has 0 saturated heterocycles. The standard InChI is InChI=1S/C21H23N3O3/c1-2-27-19-11-7-6-10-17(19)15-24(12-13-25)21(26)18-14-22-23-20(18)16-8-4-3-5-9-16/h3-11,14,25H,2,12-13,15H2,1H3,(H,22,23). The molecular weight excluding hydrogens is 342 g/mol. The Morgan fingerprint density at radius 3 is 2.63 bits per heavy atom. The minimum atomic E-state index is -0.192. The van der Waals surface area contributed by atoms with Crippen LogP contribution in [0.3, 0.4) is 0 Å². The van der Waals surface area contributed by atoms with Gasteiger partial charge in [-0.2, -0.15) is 5.10 Å². The average molecular weight is 365 g/mol. The van der Waals surface area contributed by atoms with Crippen molar-refractivity contribution in [3.05, 3.63) is 71.9 Å². The van der Waals surface area contributed by atoms with Crippen molar-refractivity contribution < 1.29 is 14.6 Å². The molecular formula is C21H23N3O3. The van der Waals surface area contributed by atoms with Crippen molar-refractivity contribution >= 4 is 5.91 Å². The van der Waals surface area contributed by atoms with Crippen molar-refractivity contribution in [1.29, 1.82) is 0 Å². The molecule has 27 heavy (non-hydrogen) atoms. The summed E-state index contributed by atoms with van der Waals surface area (Å²) in [4.78, 5) is 14.8. The Balaban J connectivity index is 1.88. The zero-order chi connectivity index (χ0) is 19.1. The number of ether oxygens (including phenoxy) is 1. The molecule has 3 rings (SSSR count). The van der Waals surface area contributed by atoms with E-state index in [4.69, 9.17) is 4.74 Å². The van der Waals surface area contributed by atoms with E-state index in [2.05, 4.69) is 10.2 Å². The molecule has 0 radical (unpaired) electrons. The summed E-state index contributed by atoms with van der Waals surface area (Å²) in [5.74, 6) is 0.550. The maximum Gasteiger partial charge on any atom is 0.258 e. The van der Waals surface area contributed by atoms with Gasteiger partial charge in [0, 0.05) is 24.2 Å². The van der Waals surface area contributed by atoms with Crippen LogP contribution < -0.4 is 4.74 Å². The van der Waals surface area contributed by atoms with Gasteiger partial charge in [-0.05, 0) is 13.0 Å². The highest BCUT2D eigenvalue weighted by Crippen LogP contribution is 2.24. The van der Waals surface area contributed by atoms with Crippen LogP contribution in [0.2, 0.25) is 0 Å². The first kappa shape index (κ1) is 18.7. The molecule has 3 aromatic rings. The summed E-state index contributed by atoms with van der Waals surface area (Å²) in [6.45, 7) is 2.91. The van der Waals surface area contributed by atoms with E-state index in [1.807, 2.05) is 61.5 Å². The van der Waals surface area contributed by atoms with Gasteiger partial charge in [0.1, 0.15) is 5.75 Å². The van der Waals surface area contributed by atoms with Crippen LogP contribution in [0, 0.1) is 0 Å². The van der Waals surface area contributed by atoms with Gasteiger partial charge in [-0.3, -0.25) is 9.89 Å². The normalized spacial score (nSPS) is 10.6. The van der Waals surface area contributed by atoms with Crippen molar-refractivity contribution in [1.82, 2.24) is 15.1 Å². The molecule has 1 heterocycles. The number of nitrogens with one attached hydrogen (secondary N) is 1. The first-order valence-corrected chi connectivity index (χ1v) is 8.94. The smallest absolute Gasteiger partial charge is 0.258 e. The molecule has 0 aliphatic rings. The van der Waals surface area contributed by atoms with Crippen LogP contribution in [-0.4, -0.2) is 45.9 Å². The maximum atomic E-state index is 13.2. The third-order valence-corrected chi connectivity index (χ3v) is 4.22. The van der Waals surface area contributed by atoms with Gasteiger partial charge >= 0.3 is 0 Å². The zero-order valence-corrected chi connectivity index (χ0v) is 15.3. The van der Waals surface area contributed by atoms with Crippen LogP contribution in [-0.2, 0) is 6.54 Å². The molecule has 0 aliphatic heterocycles. The van der Waals surface area contributed by atoms with Gasteiger partial charge in [-0.25, -0.2) is 0 Å². The van der Waals surface area contributed by atoms with E-state index in [0.717, 1.165) is 16.9 Å². The lowest BCUT2D eigenvalue weighted by Crippen LogP contribution is -2.33. The minimum absolute atomic E-state index is 0.124. The lowest BCUT2D eigenvalue weighted by Gasteiger charge is -2.23. The molecule has 6 nitrogen and oxygen atoms in total. The number of carbonyl (C=O) groups is 1. The second-order valence-electron chi connectivity index (χ2n) is 6.02. The van der Waals surface area contributed by atoms with E-state index >= 15 is 0 Å². The molecule has 6 heteroatoms. The number of para-hydroxylation sites is 1. The molecule has 0 atom stereocenters. The summed E-state index contributed by atoms with van der Waals surface area (Å²) in [6.07, 6.45) is 1.53. The highest BCUT2D eigenvalue weighted by molar-refractivity contribution is 5.99. The lowest BCUT2D eigenvalue weighted by atomic mass is 10.1. The van der Waals surface area contributed by atoms with E-state index in [1.165, 1.54) is 6.20 Å². The minimum Gasteiger partial charge on any atom is -0.494 e. The van der Waals surface area contributed by atoms with Crippen LogP contribution in [0.5, 0.6) is 5.75 Å². The number of aliphatic hydroxyl groups is 1. The van der Waals surface area contributed by atoms with Gasteiger partial charge in [0.15, 0.2) is 0 Å². The number of rotatable bonds is 8. The van der Waals surface area contributed by atoms with E-state index in [-0.39, 0.29) is 19.1 Å². The van der Waals surface area contributed by atoms with Gasteiger partial charge in [0.25, 0.3) is 5.91 Å². The van der Waals surface area contributed by atoms with E-state index < -0.39 is 0 Å². The molecule has 0 spiro atoms. The first-order valence-electron chi connectivity index (χ1n) is 8.94. The molecule has 0 saturated carbocycles. The fourth-order valence-corrected chi connectivity index (χ4v) is 2.95. The van der Waals surface area contributed by atoms with E-state index in [9.17, 15) is 9.90 Å². The van der Waals surface area contributed by atoms with Gasteiger partial charge in [-0.15, -0.1) is 0 Å². The quantitative estimate of drug-likeness (QED) is 0.643. The lowest BCUT2D eigenvalue weighted by molar-refractivity contribution is 0.0707. The molecule has 140 valence electrons. The van der Waals surface area contributed by atoms with Crippen LogP contribution in [0.15, 0.2) is 60.8 Å². The van der Waals surface area contributed by atoms with Crippen LogP contribution in [0.25, 0.3) is 11.3 Å². The average Bonchev–Trinajstić information content (AvgIpc) is 3.19. The molecule has 0 bridgehead atoms. The number of aromatic nitrogens is 2. The van der Waals surface area contributed by atoms with E-state index in [0.29, 0.717) is 24.4 Å². The second kappa shape index (κ2) is 9.00. The molecule has 2 N–H and O–H groups in total. The number of hydrogen-bond acceptors (Lipinski definition) is 4. The first-order chi connectivity index (χ1) is 13.2. The summed E-state index contributed by atoms with van der Waals surface area (Å²) < 4.78 is 5.66. The number of hydrogen-bond donors (Lipinski definition) is 2. The Kier molecular flexibility index (Phi) is 6.22. The summed E-state index contributed by atoms with van der Waals surface area (Å²) in [5, 5.41) is 16.4. The van der Waals surface area contributed by atoms with Gasteiger partial charge in [0.2, 0.25) is 0 Å². The van der Waals surface area contributed by atoms with E-state index in [1.54, 1.807) is 4.90 Å². The largest absolute Gasteiger partial charge is 0.494 e. The Labute approximate surface area is 158 Å². The zero-order valence-electron chi connectivity index (χ0n) is 15.3. The molecule has 1 aromatic heterocycles. The number of carbonyl (C=O) groups excluding carboxylic acids is 1. The summed E-state index contributed by atoms with van der Waals surface area (Å²) >= 11 is 0. The summed E-state index contributed by atoms with van der Waals surface area (Å²) in [6, 6.07) is 17.2. The maximum absolute atomic E-state index is 13.2. The molecule has 0 fully saturated rings. The van der Waals surface area contributed by atoms with Crippen molar-refractivity contribution in [2.24, 2.45) is 0 Å². The van der Waals surface area contributed by atoms with Crippen LogP contribution >= 0.6 is 0 Å².